The average Bonchev–Trinajstić information content (AvgIpc) is 3.08. The number of hydrogen-bond acceptors (Lipinski definition) is 9. The fourth-order valence-corrected chi connectivity index (χ4v) is 10.6. The molecule has 0 aromatic carbocycles. The Labute approximate surface area is 332 Å². The molecule has 2 aliphatic heterocycles. The van der Waals surface area contributed by atoms with E-state index in [2.05, 4.69) is 110 Å². The first-order valence-corrected chi connectivity index (χ1v) is 22.5. The van der Waals surface area contributed by atoms with Crippen molar-refractivity contribution in [2.24, 2.45) is 0 Å². The molecule has 0 radical (unpaired) electrons. The molecular weight excluding hydrogens is 671 g/mol. The zero-order chi connectivity index (χ0) is 39.5. The number of rotatable bonds is 14. The minimum absolute atomic E-state index is 0.130. The summed E-state index contributed by atoms with van der Waals surface area (Å²) in [7, 11) is 0. The second-order valence-corrected chi connectivity index (χ2v) is 21.3. The van der Waals surface area contributed by atoms with Crippen LogP contribution in [0.25, 0.3) is 0 Å². The minimum Gasteiger partial charge on any atom is -0.338 e. The third-order valence-corrected chi connectivity index (χ3v) is 12.9. The molecule has 3 heterocycles. The molecule has 54 heavy (non-hydrogen) atoms. The monoisotopic (exact) mass is 754 g/mol. The van der Waals surface area contributed by atoms with E-state index in [1.165, 1.54) is 64.2 Å². The van der Waals surface area contributed by atoms with Crippen LogP contribution in [-0.4, -0.2) is 84.6 Å². The Bertz CT molecular complexity index is 1200. The summed E-state index contributed by atoms with van der Waals surface area (Å²) in [5.74, 6) is 2.60. The Hall–Kier alpha value is -1.55. The Kier molecular flexibility index (Phi) is 14.1. The molecule has 0 atom stereocenters. The quantitative estimate of drug-likeness (QED) is 0.185. The summed E-state index contributed by atoms with van der Waals surface area (Å²) < 4.78 is 0. The molecule has 0 amide bonds. The number of piperidine rings is 2. The van der Waals surface area contributed by atoms with Crippen molar-refractivity contribution in [1.29, 1.82) is 0 Å². The van der Waals surface area contributed by atoms with Crippen LogP contribution in [0.3, 0.4) is 0 Å². The van der Waals surface area contributed by atoms with Gasteiger partial charge in [0.15, 0.2) is 0 Å². The molecule has 0 N–H and O–H groups in total. The summed E-state index contributed by atoms with van der Waals surface area (Å²) >= 11 is 0. The zero-order valence-electron chi connectivity index (χ0n) is 37.4. The van der Waals surface area contributed by atoms with Gasteiger partial charge in [-0.15, -0.1) is 0 Å². The fourth-order valence-electron chi connectivity index (χ4n) is 10.6. The van der Waals surface area contributed by atoms with Gasteiger partial charge in [0, 0.05) is 52.7 Å². The van der Waals surface area contributed by atoms with Gasteiger partial charge >= 0.3 is 0 Å². The van der Waals surface area contributed by atoms with Crippen LogP contribution in [0.15, 0.2) is 0 Å². The maximum absolute atomic E-state index is 6.93. The summed E-state index contributed by atoms with van der Waals surface area (Å²) in [6.45, 7) is 32.4. The van der Waals surface area contributed by atoms with E-state index in [0.717, 1.165) is 82.2 Å². The lowest BCUT2D eigenvalue weighted by molar-refractivity contribution is -0.310. The van der Waals surface area contributed by atoms with Gasteiger partial charge < -0.3 is 9.80 Å². The summed E-state index contributed by atoms with van der Waals surface area (Å²) in [5, 5.41) is 4.79. The second kappa shape index (κ2) is 17.5. The average molecular weight is 754 g/mol. The van der Waals surface area contributed by atoms with E-state index in [-0.39, 0.29) is 39.7 Å². The van der Waals surface area contributed by atoms with Crippen LogP contribution in [0, 0.1) is 0 Å². The van der Waals surface area contributed by atoms with Crippen molar-refractivity contribution >= 4 is 11.9 Å². The number of hydroxylamine groups is 4. The van der Waals surface area contributed by atoms with E-state index in [1.807, 2.05) is 0 Å². The maximum Gasteiger partial charge on any atom is 0.230 e. The van der Waals surface area contributed by atoms with Crippen LogP contribution >= 0.6 is 0 Å². The second-order valence-electron chi connectivity index (χ2n) is 21.3. The minimum atomic E-state index is -0.217. The third-order valence-electron chi connectivity index (χ3n) is 12.9. The summed E-state index contributed by atoms with van der Waals surface area (Å²) in [6.07, 6.45) is 21.6. The standard InChI is InChI=1S/C45H83N7O2/c1-14-16-28-49(34-30-42(6,7)51(43(8,9)31-34)53-36-24-20-18-21-25-36)39-46-38(41(3,4)5)47-40(48-39)50(29-17-15-2)35-32-44(10,11)52(45(12,13)33-35)54-37-26-22-19-23-27-37/h34-37H,14-33H2,1-13H3. The highest BCUT2D eigenvalue weighted by atomic mass is 16.7. The first kappa shape index (κ1) is 43.6. The van der Waals surface area contributed by atoms with Crippen LogP contribution in [0.2, 0.25) is 0 Å². The van der Waals surface area contributed by atoms with Crippen molar-refractivity contribution in [3.63, 3.8) is 0 Å². The van der Waals surface area contributed by atoms with Gasteiger partial charge in [0.1, 0.15) is 5.82 Å². The van der Waals surface area contributed by atoms with E-state index in [1.54, 1.807) is 0 Å². The predicted molar refractivity (Wildman–Crippen MR) is 225 cm³/mol. The lowest BCUT2D eigenvalue weighted by Gasteiger charge is -2.57. The molecule has 0 bridgehead atoms. The molecule has 1 aromatic heterocycles. The predicted octanol–water partition coefficient (Wildman–Crippen LogP) is 11.0. The van der Waals surface area contributed by atoms with Crippen molar-refractivity contribution in [3.05, 3.63) is 5.82 Å². The Morgan fingerprint density at radius 2 is 0.889 bits per heavy atom. The maximum atomic E-state index is 6.93. The molecule has 4 aliphatic rings. The lowest BCUT2D eigenvalue weighted by Crippen LogP contribution is -2.65. The molecule has 2 saturated carbocycles. The van der Waals surface area contributed by atoms with Gasteiger partial charge in [-0.1, -0.05) is 86.0 Å². The van der Waals surface area contributed by atoms with Gasteiger partial charge in [-0.25, -0.2) is 0 Å². The van der Waals surface area contributed by atoms with Gasteiger partial charge in [0.05, 0.1) is 12.2 Å². The molecule has 9 nitrogen and oxygen atoms in total. The van der Waals surface area contributed by atoms with Crippen LogP contribution in [0.4, 0.5) is 11.9 Å². The zero-order valence-corrected chi connectivity index (χ0v) is 37.4. The highest BCUT2D eigenvalue weighted by Gasteiger charge is 2.51. The van der Waals surface area contributed by atoms with Gasteiger partial charge in [-0.05, 0) is 120 Å². The molecule has 2 aliphatic carbocycles. The van der Waals surface area contributed by atoms with Crippen LogP contribution in [0.1, 0.15) is 211 Å². The summed E-state index contributed by atoms with van der Waals surface area (Å²) in [5.41, 5.74) is -0.737. The normalized spacial score (nSPS) is 24.8. The number of aromatic nitrogens is 3. The number of hydrogen-bond donors (Lipinski definition) is 0. The molecule has 5 rings (SSSR count). The van der Waals surface area contributed by atoms with E-state index in [0.29, 0.717) is 12.2 Å². The summed E-state index contributed by atoms with van der Waals surface area (Å²) in [6, 6.07) is 0.580. The Morgan fingerprint density at radius 3 is 1.19 bits per heavy atom. The molecular formula is C45H83N7O2. The van der Waals surface area contributed by atoms with Crippen LogP contribution < -0.4 is 9.80 Å². The van der Waals surface area contributed by atoms with Crippen LogP contribution in [0.5, 0.6) is 0 Å². The third kappa shape index (κ3) is 10.5. The number of unbranched alkanes of at least 4 members (excludes halogenated alkanes) is 2. The Balaban J connectivity index is 1.50. The molecule has 310 valence electrons. The Morgan fingerprint density at radius 1 is 0.556 bits per heavy atom. The topological polar surface area (TPSA) is 70.1 Å². The molecule has 4 fully saturated rings. The molecule has 9 heteroatoms. The van der Waals surface area contributed by atoms with Crippen molar-refractivity contribution < 1.29 is 9.68 Å². The molecule has 0 unspecified atom stereocenters. The molecule has 0 spiro atoms. The van der Waals surface area contributed by atoms with Crippen molar-refractivity contribution in [2.75, 3.05) is 22.9 Å². The largest absolute Gasteiger partial charge is 0.338 e. The van der Waals surface area contributed by atoms with Crippen molar-refractivity contribution in [3.8, 4) is 0 Å². The van der Waals surface area contributed by atoms with Crippen LogP contribution in [-0.2, 0) is 15.1 Å². The van der Waals surface area contributed by atoms with E-state index in [9.17, 15) is 0 Å². The first-order chi connectivity index (χ1) is 25.3. The van der Waals surface area contributed by atoms with Gasteiger partial charge in [0.25, 0.3) is 0 Å². The van der Waals surface area contributed by atoms with E-state index >= 15 is 0 Å². The summed E-state index contributed by atoms with van der Waals surface area (Å²) in [4.78, 5) is 35.4. The van der Waals surface area contributed by atoms with Crippen molar-refractivity contribution in [2.45, 2.75) is 257 Å². The van der Waals surface area contributed by atoms with E-state index < -0.39 is 0 Å². The van der Waals surface area contributed by atoms with Crippen molar-refractivity contribution in [1.82, 2.24) is 25.1 Å². The lowest BCUT2D eigenvalue weighted by atomic mass is 9.78. The molecule has 1 aromatic rings. The number of nitrogens with zero attached hydrogens (tertiary/aromatic N) is 7. The van der Waals surface area contributed by atoms with E-state index in [4.69, 9.17) is 24.6 Å². The smallest absolute Gasteiger partial charge is 0.230 e. The first-order valence-electron chi connectivity index (χ1n) is 22.5. The van der Waals surface area contributed by atoms with Gasteiger partial charge in [0.2, 0.25) is 11.9 Å². The molecule has 2 saturated heterocycles. The number of anilines is 2. The van der Waals surface area contributed by atoms with Gasteiger partial charge in [-0.2, -0.15) is 25.1 Å². The SMILES string of the molecule is CCCCN(c1nc(N(CCCC)C2CC(C)(C)N(OC3CCCCC3)C(C)(C)C2)nc(C(C)(C)C)n1)C1CC(C)(C)N(OC2CCCCC2)C(C)(C)C1. The fraction of sp³-hybridized carbons (Fsp3) is 0.933. The van der Waals surface area contributed by atoms with Gasteiger partial charge in [-0.3, -0.25) is 9.68 Å². The highest BCUT2D eigenvalue weighted by Crippen LogP contribution is 2.45. The highest BCUT2D eigenvalue weighted by molar-refractivity contribution is 5.43.